The van der Waals surface area contributed by atoms with Crippen LogP contribution in [-0.2, 0) is 19.2 Å². The molecule has 0 unspecified atom stereocenters. The Bertz CT molecular complexity index is 1660. The number of imide groups is 2. The minimum Gasteiger partial charge on any atom is -0.497 e. The van der Waals surface area contributed by atoms with Gasteiger partial charge < -0.3 is 20.1 Å². The summed E-state index contributed by atoms with van der Waals surface area (Å²) in [6.07, 6.45) is 3.11. The van der Waals surface area contributed by atoms with Crippen LogP contribution < -0.4 is 20.1 Å². The first-order valence-corrected chi connectivity index (χ1v) is 15.3. The molecule has 2 fully saturated rings. The van der Waals surface area contributed by atoms with Gasteiger partial charge in [-0.3, -0.25) is 38.6 Å². The van der Waals surface area contributed by atoms with Gasteiger partial charge in [0.15, 0.2) is 0 Å². The number of nitrogens with zero attached hydrogens (tertiary/aromatic N) is 2. The lowest BCUT2D eigenvalue weighted by Gasteiger charge is -2.16. The Labute approximate surface area is 271 Å². The van der Waals surface area contributed by atoms with E-state index in [1.54, 1.807) is 72.8 Å². The number of hydrogen-bond acceptors (Lipinski definition) is 10. The molecule has 3 aromatic carbocycles. The SMILES string of the molecule is COc1ccc(C=C2SC(=O)N(CC(=O)Nc3ccccc3NC(=O)CN3C(=O)SC(=Cc4ccc(OC)cc4)C3=O)C2=O)cc1. The summed E-state index contributed by atoms with van der Waals surface area (Å²) >= 11 is 1.45. The number of rotatable bonds is 10. The average molecular weight is 659 g/mol. The van der Waals surface area contributed by atoms with Gasteiger partial charge in [-0.05, 0) is 83.2 Å². The van der Waals surface area contributed by atoms with E-state index in [0.717, 1.165) is 33.3 Å². The van der Waals surface area contributed by atoms with E-state index in [0.29, 0.717) is 22.6 Å². The van der Waals surface area contributed by atoms with Crippen molar-refractivity contribution in [2.24, 2.45) is 0 Å². The molecule has 0 aromatic heterocycles. The molecule has 0 atom stereocenters. The molecule has 46 heavy (non-hydrogen) atoms. The predicted octanol–water partition coefficient (Wildman–Crippen LogP) is 5.05. The molecule has 0 bridgehead atoms. The predicted molar refractivity (Wildman–Crippen MR) is 175 cm³/mol. The molecule has 5 rings (SSSR count). The maximum atomic E-state index is 12.9. The smallest absolute Gasteiger partial charge is 0.294 e. The summed E-state index contributed by atoms with van der Waals surface area (Å²) in [5.41, 5.74) is 1.74. The van der Waals surface area contributed by atoms with Gasteiger partial charge in [-0.2, -0.15) is 0 Å². The zero-order valence-corrected chi connectivity index (χ0v) is 26.1. The highest BCUT2D eigenvalue weighted by molar-refractivity contribution is 8.18. The Kier molecular flexibility index (Phi) is 9.88. The van der Waals surface area contributed by atoms with Crippen molar-refractivity contribution in [2.45, 2.75) is 0 Å². The molecule has 6 amide bonds. The molecular formula is C32H26N4O8S2. The Morgan fingerprint density at radius 3 is 1.35 bits per heavy atom. The molecular weight excluding hydrogens is 633 g/mol. The number of amides is 6. The van der Waals surface area contributed by atoms with Gasteiger partial charge in [-0.15, -0.1) is 0 Å². The van der Waals surface area contributed by atoms with Crippen LogP contribution in [0.4, 0.5) is 21.0 Å². The Morgan fingerprint density at radius 1 is 0.630 bits per heavy atom. The molecule has 2 aliphatic rings. The maximum absolute atomic E-state index is 12.9. The molecule has 2 N–H and O–H groups in total. The molecule has 2 aliphatic heterocycles. The van der Waals surface area contributed by atoms with E-state index in [1.807, 2.05) is 0 Å². The van der Waals surface area contributed by atoms with Crippen molar-refractivity contribution < 1.29 is 38.2 Å². The van der Waals surface area contributed by atoms with Gasteiger partial charge in [0.2, 0.25) is 11.8 Å². The van der Waals surface area contributed by atoms with Crippen molar-refractivity contribution in [3.05, 3.63) is 93.7 Å². The van der Waals surface area contributed by atoms with Crippen LogP contribution in [0.5, 0.6) is 11.5 Å². The average Bonchev–Trinajstić information content (AvgIpc) is 3.46. The number of para-hydroxylation sites is 2. The van der Waals surface area contributed by atoms with E-state index in [9.17, 15) is 28.8 Å². The van der Waals surface area contributed by atoms with Crippen molar-refractivity contribution in [3.8, 4) is 11.5 Å². The number of anilines is 2. The first-order valence-electron chi connectivity index (χ1n) is 13.6. The second-order valence-electron chi connectivity index (χ2n) is 9.72. The van der Waals surface area contributed by atoms with Crippen molar-refractivity contribution >= 4 is 81.2 Å². The molecule has 234 valence electrons. The quantitative estimate of drug-likeness (QED) is 0.283. The van der Waals surface area contributed by atoms with Crippen molar-refractivity contribution in [1.29, 1.82) is 0 Å². The first kappa shape index (κ1) is 32.1. The number of nitrogens with one attached hydrogen (secondary N) is 2. The van der Waals surface area contributed by atoms with Gasteiger partial charge in [0.05, 0.1) is 35.4 Å². The lowest BCUT2D eigenvalue weighted by Crippen LogP contribution is -2.37. The van der Waals surface area contributed by atoms with Gasteiger partial charge in [-0.1, -0.05) is 36.4 Å². The van der Waals surface area contributed by atoms with Crippen LogP contribution in [0.3, 0.4) is 0 Å². The largest absolute Gasteiger partial charge is 0.497 e. The zero-order valence-electron chi connectivity index (χ0n) is 24.5. The van der Waals surface area contributed by atoms with E-state index in [-0.39, 0.29) is 21.2 Å². The summed E-state index contributed by atoms with van der Waals surface area (Å²) < 4.78 is 10.2. The summed E-state index contributed by atoms with van der Waals surface area (Å²) in [5, 5.41) is 4.01. The number of benzene rings is 3. The second kappa shape index (κ2) is 14.2. The zero-order chi connectivity index (χ0) is 32.8. The van der Waals surface area contributed by atoms with Crippen LogP contribution in [0.2, 0.25) is 0 Å². The van der Waals surface area contributed by atoms with Crippen molar-refractivity contribution in [2.75, 3.05) is 37.9 Å². The van der Waals surface area contributed by atoms with Gasteiger partial charge in [-0.25, -0.2) is 0 Å². The fraction of sp³-hybridized carbons (Fsp3) is 0.125. The van der Waals surface area contributed by atoms with Crippen LogP contribution in [0, 0.1) is 0 Å². The Hall–Kier alpha value is -5.34. The normalized spacial score (nSPS) is 16.4. The Morgan fingerprint density at radius 2 is 1.00 bits per heavy atom. The monoisotopic (exact) mass is 658 g/mol. The maximum Gasteiger partial charge on any atom is 0.294 e. The minimum atomic E-state index is -0.677. The molecule has 0 radical (unpaired) electrons. The third-order valence-electron chi connectivity index (χ3n) is 6.65. The summed E-state index contributed by atoms with van der Waals surface area (Å²) in [5.74, 6) is -1.29. The van der Waals surface area contributed by atoms with Gasteiger partial charge >= 0.3 is 0 Å². The summed E-state index contributed by atoms with van der Waals surface area (Å²) in [7, 11) is 3.07. The number of thioether (sulfide) groups is 2. The van der Waals surface area contributed by atoms with Crippen molar-refractivity contribution in [3.63, 3.8) is 0 Å². The molecule has 0 spiro atoms. The summed E-state index contributed by atoms with van der Waals surface area (Å²) in [6.45, 7) is -1.10. The number of methoxy groups -OCH3 is 2. The molecule has 2 saturated heterocycles. The summed E-state index contributed by atoms with van der Waals surface area (Å²) in [4.78, 5) is 78.7. The topological polar surface area (TPSA) is 151 Å². The lowest BCUT2D eigenvalue weighted by atomic mass is 10.2. The van der Waals surface area contributed by atoms with Crippen LogP contribution >= 0.6 is 23.5 Å². The molecule has 0 saturated carbocycles. The van der Waals surface area contributed by atoms with E-state index < -0.39 is 47.2 Å². The molecule has 3 aromatic rings. The van der Waals surface area contributed by atoms with Crippen LogP contribution in [-0.4, -0.2) is 71.2 Å². The molecule has 2 heterocycles. The highest BCUT2D eigenvalue weighted by Crippen LogP contribution is 2.34. The van der Waals surface area contributed by atoms with E-state index >= 15 is 0 Å². The number of carbonyl (C=O) groups is 6. The standard InChI is InChI=1S/C32H26N4O8S2/c1-43-21-11-7-19(8-12-21)15-25-29(39)35(31(41)45-25)17-27(37)33-23-5-3-4-6-24(23)34-28(38)18-36-30(40)26(46-32(36)42)16-20-9-13-22(44-2)14-10-20/h3-16H,17-18H2,1-2H3,(H,33,37)(H,34,38). The fourth-order valence-electron chi connectivity index (χ4n) is 4.34. The van der Waals surface area contributed by atoms with Crippen LogP contribution in [0.25, 0.3) is 12.2 Å². The van der Waals surface area contributed by atoms with E-state index in [4.69, 9.17) is 9.47 Å². The van der Waals surface area contributed by atoms with Gasteiger partial charge in [0.1, 0.15) is 24.6 Å². The first-order chi connectivity index (χ1) is 22.1. The molecule has 14 heteroatoms. The van der Waals surface area contributed by atoms with Gasteiger partial charge in [0, 0.05) is 0 Å². The minimum absolute atomic E-state index is 0.168. The van der Waals surface area contributed by atoms with E-state index in [2.05, 4.69) is 10.6 Å². The Balaban J connectivity index is 1.19. The number of hydrogen-bond donors (Lipinski definition) is 2. The fourth-order valence-corrected chi connectivity index (χ4v) is 6.02. The van der Waals surface area contributed by atoms with Crippen molar-refractivity contribution in [1.82, 2.24) is 9.80 Å². The van der Waals surface area contributed by atoms with E-state index in [1.165, 1.54) is 26.4 Å². The lowest BCUT2D eigenvalue weighted by molar-refractivity contribution is -0.127. The number of ether oxygens (including phenoxy) is 2. The highest BCUT2D eigenvalue weighted by atomic mass is 32.2. The summed E-state index contributed by atoms with van der Waals surface area (Å²) in [6, 6.07) is 20.1. The highest BCUT2D eigenvalue weighted by Gasteiger charge is 2.37. The number of carbonyl (C=O) groups excluding carboxylic acids is 6. The molecule has 12 nitrogen and oxygen atoms in total. The van der Waals surface area contributed by atoms with Crippen LogP contribution in [0.15, 0.2) is 82.6 Å². The third-order valence-corrected chi connectivity index (χ3v) is 8.47. The second-order valence-corrected chi connectivity index (χ2v) is 11.7. The third kappa shape index (κ3) is 7.47. The molecule has 0 aliphatic carbocycles. The van der Waals surface area contributed by atoms with Gasteiger partial charge in [0.25, 0.3) is 22.3 Å². The van der Waals surface area contributed by atoms with Crippen LogP contribution in [0.1, 0.15) is 11.1 Å².